The third kappa shape index (κ3) is 4.39. The average molecular weight is 350 g/mol. The minimum atomic E-state index is -3.51. The van der Waals surface area contributed by atoms with Gasteiger partial charge in [0, 0.05) is 0 Å². The molecule has 2 aromatic rings. The monoisotopic (exact) mass is 350 g/mol. The normalized spacial score (nSPS) is 16.6. The molecule has 7 heteroatoms. The highest BCUT2D eigenvalue weighted by molar-refractivity contribution is 7.85. The zero-order valence-electron chi connectivity index (χ0n) is 13.2. The molecule has 0 aliphatic carbocycles. The fourth-order valence-corrected chi connectivity index (χ4v) is 2.65. The maximum Gasteiger partial charge on any atom is 0.264 e. The first-order valence-electron chi connectivity index (χ1n) is 7.45. The first-order valence-corrected chi connectivity index (χ1v) is 9.26. The molecule has 0 aromatic heterocycles. The molecule has 0 radical (unpaired) electrons. The quantitative estimate of drug-likeness (QED) is 0.745. The number of benzene rings is 2. The third-order valence-electron chi connectivity index (χ3n) is 3.36. The molecule has 0 N–H and O–H groups in total. The smallest absolute Gasteiger partial charge is 0.264 e. The summed E-state index contributed by atoms with van der Waals surface area (Å²) in [6.45, 7) is 0.517. The molecule has 24 heavy (non-hydrogen) atoms. The van der Waals surface area contributed by atoms with Gasteiger partial charge in [-0.25, -0.2) is 0 Å². The maximum atomic E-state index is 11.1. The summed E-state index contributed by atoms with van der Waals surface area (Å²) in [4.78, 5) is 0. The van der Waals surface area contributed by atoms with Gasteiger partial charge in [-0.3, -0.25) is 4.18 Å². The van der Waals surface area contributed by atoms with Crippen LogP contribution in [0.15, 0.2) is 48.5 Å². The lowest BCUT2D eigenvalue weighted by Gasteiger charge is -2.27. The summed E-state index contributed by atoms with van der Waals surface area (Å²) in [5.74, 6) is 1.61. The third-order valence-corrected chi connectivity index (χ3v) is 3.92. The topological polar surface area (TPSA) is 71.1 Å². The zero-order valence-corrected chi connectivity index (χ0v) is 14.0. The van der Waals surface area contributed by atoms with E-state index in [1.807, 2.05) is 30.3 Å². The van der Waals surface area contributed by atoms with E-state index in [1.54, 1.807) is 18.2 Å². The number of hydrogen-bond acceptors (Lipinski definition) is 6. The molecule has 0 spiro atoms. The highest BCUT2D eigenvalue weighted by atomic mass is 32.2. The summed E-state index contributed by atoms with van der Waals surface area (Å²) in [7, 11) is -3.51. The van der Waals surface area contributed by atoms with Gasteiger partial charge in [-0.1, -0.05) is 36.4 Å². The lowest BCUT2D eigenvalue weighted by atomic mass is 10.2. The number of rotatable bonds is 6. The van der Waals surface area contributed by atoms with Crippen molar-refractivity contribution in [3.8, 4) is 17.2 Å². The summed E-state index contributed by atoms with van der Waals surface area (Å²) in [5, 5.41) is 0. The predicted molar refractivity (Wildman–Crippen MR) is 87.9 cm³/mol. The summed E-state index contributed by atoms with van der Waals surface area (Å²) < 4.78 is 44.1. The first kappa shape index (κ1) is 16.6. The molecule has 0 amide bonds. The molecule has 1 aliphatic heterocycles. The number of fused-ring (bicyclic) bond motifs is 1. The van der Waals surface area contributed by atoms with Gasteiger partial charge in [0.1, 0.15) is 19.8 Å². The van der Waals surface area contributed by atoms with Crippen molar-refractivity contribution in [2.24, 2.45) is 0 Å². The van der Waals surface area contributed by atoms with Crippen LogP contribution >= 0.6 is 0 Å². The second-order valence-electron chi connectivity index (χ2n) is 5.40. The van der Waals surface area contributed by atoms with Gasteiger partial charge in [0.25, 0.3) is 10.1 Å². The molecule has 0 unspecified atom stereocenters. The van der Waals surface area contributed by atoms with Crippen molar-refractivity contribution in [2.75, 3.05) is 19.5 Å². The van der Waals surface area contributed by atoms with E-state index in [2.05, 4.69) is 0 Å². The number of para-hydroxylation sites is 1. The molecule has 0 bridgehead atoms. The van der Waals surface area contributed by atoms with Gasteiger partial charge in [0.15, 0.2) is 17.6 Å². The molecule has 0 saturated heterocycles. The largest absolute Gasteiger partial charge is 0.485 e. The van der Waals surface area contributed by atoms with Crippen molar-refractivity contribution in [1.82, 2.24) is 0 Å². The molecule has 6 nitrogen and oxygen atoms in total. The Kier molecular flexibility index (Phi) is 4.92. The van der Waals surface area contributed by atoms with Crippen LogP contribution in [0.4, 0.5) is 0 Å². The van der Waals surface area contributed by atoms with E-state index in [0.29, 0.717) is 23.9 Å². The van der Waals surface area contributed by atoms with Crippen LogP contribution in [0.1, 0.15) is 5.56 Å². The highest BCUT2D eigenvalue weighted by Gasteiger charge is 2.25. The summed E-state index contributed by atoms with van der Waals surface area (Å²) in [6.07, 6.45) is 0.511. The molecule has 128 valence electrons. The van der Waals surface area contributed by atoms with Crippen molar-refractivity contribution < 1.29 is 26.8 Å². The molecule has 3 rings (SSSR count). The van der Waals surface area contributed by atoms with Crippen LogP contribution in [0, 0.1) is 0 Å². The number of hydrogen-bond donors (Lipinski definition) is 0. The van der Waals surface area contributed by atoms with Crippen molar-refractivity contribution in [3.05, 3.63) is 54.1 Å². The highest BCUT2D eigenvalue weighted by Crippen LogP contribution is 2.40. The van der Waals surface area contributed by atoms with Gasteiger partial charge in [-0.05, 0) is 17.7 Å². The van der Waals surface area contributed by atoms with E-state index < -0.39 is 16.2 Å². The van der Waals surface area contributed by atoms with Crippen LogP contribution in [-0.4, -0.2) is 34.0 Å². The van der Waals surface area contributed by atoms with E-state index in [-0.39, 0.29) is 13.2 Å². The van der Waals surface area contributed by atoms with Crippen molar-refractivity contribution in [1.29, 1.82) is 0 Å². The second kappa shape index (κ2) is 7.11. The fraction of sp³-hybridized carbons (Fsp3) is 0.294. The Morgan fingerprint density at radius 1 is 1.12 bits per heavy atom. The van der Waals surface area contributed by atoms with Crippen LogP contribution in [0.2, 0.25) is 0 Å². The van der Waals surface area contributed by atoms with Gasteiger partial charge < -0.3 is 14.2 Å². The molecule has 1 aliphatic rings. The van der Waals surface area contributed by atoms with Crippen LogP contribution < -0.4 is 14.2 Å². The van der Waals surface area contributed by atoms with Gasteiger partial charge in [-0.2, -0.15) is 8.42 Å². The van der Waals surface area contributed by atoms with E-state index in [4.69, 9.17) is 18.4 Å². The lowest BCUT2D eigenvalue weighted by Crippen LogP contribution is -2.34. The minimum Gasteiger partial charge on any atom is -0.485 e. The Morgan fingerprint density at radius 2 is 1.92 bits per heavy atom. The Hall–Kier alpha value is -2.25. The molecule has 1 heterocycles. The number of ether oxygens (including phenoxy) is 3. The van der Waals surface area contributed by atoms with Gasteiger partial charge >= 0.3 is 0 Å². The second-order valence-corrected chi connectivity index (χ2v) is 7.04. The van der Waals surface area contributed by atoms with Gasteiger partial charge in [0.05, 0.1) is 6.26 Å². The predicted octanol–water partition coefficient (Wildman–Crippen LogP) is 2.38. The minimum absolute atomic E-state index is 0.0899. The van der Waals surface area contributed by atoms with E-state index in [1.165, 1.54) is 0 Å². The van der Waals surface area contributed by atoms with Crippen molar-refractivity contribution >= 4 is 10.1 Å². The van der Waals surface area contributed by atoms with Crippen molar-refractivity contribution in [3.63, 3.8) is 0 Å². The van der Waals surface area contributed by atoms with Gasteiger partial charge in [-0.15, -0.1) is 0 Å². The SMILES string of the molecule is CS(=O)(=O)OC[C@H]1COc2c(OCc3ccccc3)cccc2O1. The summed E-state index contributed by atoms with van der Waals surface area (Å²) in [6, 6.07) is 15.1. The Morgan fingerprint density at radius 3 is 2.67 bits per heavy atom. The molecular formula is C17H18O6S. The van der Waals surface area contributed by atoms with Crippen molar-refractivity contribution in [2.45, 2.75) is 12.7 Å². The van der Waals surface area contributed by atoms with Gasteiger partial charge in [0.2, 0.25) is 5.75 Å². The molecular weight excluding hydrogens is 332 g/mol. The lowest BCUT2D eigenvalue weighted by molar-refractivity contribution is 0.0528. The van der Waals surface area contributed by atoms with Crippen LogP contribution in [0.5, 0.6) is 17.2 Å². The first-order chi connectivity index (χ1) is 11.5. The molecule has 1 atom stereocenters. The zero-order chi connectivity index (χ0) is 17.0. The van der Waals surface area contributed by atoms with E-state index in [0.717, 1.165) is 11.8 Å². The maximum absolute atomic E-state index is 11.1. The summed E-state index contributed by atoms with van der Waals surface area (Å²) in [5.41, 5.74) is 1.05. The van der Waals surface area contributed by atoms with E-state index >= 15 is 0 Å². The van der Waals surface area contributed by atoms with E-state index in [9.17, 15) is 8.42 Å². The Balaban J connectivity index is 1.66. The Labute approximate surface area is 141 Å². The Bertz CT molecular complexity index is 788. The van der Waals surface area contributed by atoms with Crippen LogP contribution in [0.25, 0.3) is 0 Å². The fourth-order valence-electron chi connectivity index (χ4n) is 2.25. The molecule has 2 aromatic carbocycles. The molecule has 0 saturated carbocycles. The average Bonchev–Trinajstić information content (AvgIpc) is 2.58. The standard InChI is InChI=1S/C17H18O6S/c1-24(18,19)22-12-14-11-21-17-15(8-5-9-16(17)23-14)20-10-13-6-3-2-4-7-13/h2-9,14H,10-12H2,1H3/t14-/m1/s1. The van der Waals surface area contributed by atoms with Crippen LogP contribution in [0.3, 0.4) is 0 Å². The molecule has 0 fully saturated rings. The summed E-state index contributed by atoms with van der Waals surface area (Å²) >= 11 is 0. The van der Waals surface area contributed by atoms with Crippen LogP contribution in [-0.2, 0) is 20.9 Å².